The van der Waals surface area contributed by atoms with Crippen molar-refractivity contribution in [3.05, 3.63) is 70.5 Å². The summed E-state index contributed by atoms with van der Waals surface area (Å²) in [6.07, 6.45) is 0.919. The molecule has 0 aliphatic rings. The van der Waals surface area contributed by atoms with E-state index in [-0.39, 0.29) is 11.2 Å². The van der Waals surface area contributed by atoms with Gasteiger partial charge in [-0.25, -0.2) is 4.39 Å². The van der Waals surface area contributed by atoms with E-state index in [0.717, 1.165) is 22.6 Å². The standard InChI is InChI=1S/C18H19Br2F/c1-13-3-4-14(2)15(9-13)10-18(11-19,12-20)16-5-7-17(21)8-6-16/h3-9H,10-12H2,1-2H3. The molecule has 0 aromatic heterocycles. The first-order valence-electron chi connectivity index (χ1n) is 6.95. The summed E-state index contributed by atoms with van der Waals surface area (Å²) < 4.78 is 13.2. The summed E-state index contributed by atoms with van der Waals surface area (Å²) in [5.74, 6) is -0.191. The normalized spacial score (nSPS) is 11.7. The van der Waals surface area contributed by atoms with Crippen molar-refractivity contribution in [2.75, 3.05) is 10.7 Å². The maximum Gasteiger partial charge on any atom is 0.123 e. The number of hydrogen-bond donors (Lipinski definition) is 0. The molecule has 2 rings (SSSR count). The Balaban J connectivity index is 2.42. The van der Waals surface area contributed by atoms with Crippen molar-refractivity contribution in [1.29, 1.82) is 0 Å². The zero-order valence-corrected chi connectivity index (χ0v) is 15.5. The van der Waals surface area contributed by atoms with Crippen LogP contribution in [-0.2, 0) is 11.8 Å². The Morgan fingerprint density at radius 3 is 2.14 bits per heavy atom. The first-order chi connectivity index (χ1) is 10.0. The Kier molecular flexibility index (Phi) is 5.61. The highest BCUT2D eigenvalue weighted by Gasteiger charge is 2.31. The van der Waals surface area contributed by atoms with E-state index in [2.05, 4.69) is 63.9 Å². The molecule has 2 aromatic rings. The van der Waals surface area contributed by atoms with Crippen LogP contribution >= 0.6 is 31.9 Å². The molecule has 0 atom stereocenters. The lowest BCUT2D eigenvalue weighted by Crippen LogP contribution is -2.33. The molecule has 0 unspecified atom stereocenters. The molecule has 0 aliphatic carbocycles. The van der Waals surface area contributed by atoms with E-state index in [1.807, 2.05) is 12.1 Å². The lowest BCUT2D eigenvalue weighted by Gasteiger charge is -2.31. The van der Waals surface area contributed by atoms with Crippen molar-refractivity contribution >= 4 is 31.9 Å². The Hall–Kier alpha value is -0.670. The highest BCUT2D eigenvalue weighted by molar-refractivity contribution is 9.09. The minimum Gasteiger partial charge on any atom is -0.207 e. The molecular formula is C18H19Br2F. The van der Waals surface area contributed by atoms with Gasteiger partial charge in [-0.1, -0.05) is 67.8 Å². The molecule has 0 saturated heterocycles. The van der Waals surface area contributed by atoms with Crippen LogP contribution in [0, 0.1) is 19.7 Å². The van der Waals surface area contributed by atoms with Crippen LogP contribution in [0.15, 0.2) is 42.5 Å². The SMILES string of the molecule is Cc1ccc(C)c(CC(CBr)(CBr)c2ccc(F)cc2)c1. The zero-order chi connectivity index (χ0) is 15.5. The van der Waals surface area contributed by atoms with E-state index in [4.69, 9.17) is 0 Å². The summed E-state index contributed by atoms with van der Waals surface area (Å²) in [5.41, 5.74) is 4.99. The van der Waals surface area contributed by atoms with Gasteiger partial charge in [0.2, 0.25) is 0 Å². The third kappa shape index (κ3) is 3.75. The minimum absolute atomic E-state index is 0.0771. The predicted octanol–water partition coefficient (Wildman–Crippen LogP) is 5.71. The second-order valence-electron chi connectivity index (χ2n) is 5.66. The molecule has 3 heteroatoms. The molecule has 0 bridgehead atoms. The minimum atomic E-state index is -0.191. The van der Waals surface area contributed by atoms with Crippen LogP contribution in [0.5, 0.6) is 0 Å². The molecule has 0 aliphatic heterocycles. The van der Waals surface area contributed by atoms with Gasteiger partial charge in [-0.05, 0) is 49.1 Å². The van der Waals surface area contributed by atoms with E-state index >= 15 is 0 Å². The molecule has 0 amide bonds. The third-order valence-corrected chi connectivity index (χ3v) is 6.15. The quantitative estimate of drug-likeness (QED) is 0.550. The van der Waals surface area contributed by atoms with Crippen molar-refractivity contribution in [3.63, 3.8) is 0 Å². The second kappa shape index (κ2) is 7.06. The van der Waals surface area contributed by atoms with Gasteiger partial charge in [0.05, 0.1) is 0 Å². The van der Waals surface area contributed by atoms with Gasteiger partial charge in [0.25, 0.3) is 0 Å². The summed E-state index contributed by atoms with van der Waals surface area (Å²) in [5, 5.41) is 1.65. The largest absolute Gasteiger partial charge is 0.207 e. The number of hydrogen-bond acceptors (Lipinski definition) is 0. The molecule has 21 heavy (non-hydrogen) atoms. The van der Waals surface area contributed by atoms with Crippen molar-refractivity contribution in [2.24, 2.45) is 0 Å². The van der Waals surface area contributed by atoms with E-state index in [9.17, 15) is 4.39 Å². The van der Waals surface area contributed by atoms with Gasteiger partial charge in [0, 0.05) is 16.1 Å². The van der Waals surface area contributed by atoms with Gasteiger partial charge in [-0.15, -0.1) is 0 Å². The average Bonchev–Trinajstić information content (AvgIpc) is 2.49. The molecule has 0 fully saturated rings. The third-order valence-electron chi connectivity index (χ3n) is 4.00. The van der Waals surface area contributed by atoms with Crippen LogP contribution in [0.4, 0.5) is 4.39 Å². The Morgan fingerprint density at radius 2 is 1.57 bits per heavy atom. The fourth-order valence-electron chi connectivity index (χ4n) is 2.55. The Labute approximate surface area is 143 Å². The van der Waals surface area contributed by atoms with Crippen molar-refractivity contribution in [3.8, 4) is 0 Å². The van der Waals surface area contributed by atoms with E-state index < -0.39 is 0 Å². The summed E-state index contributed by atoms with van der Waals surface area (Å²) in [7, 11) is 0. The topological polar surface area (TPSA) is 0 Å². The van der Waals surface area contributed by atoms with Gasteiger partial charge < -0.3 is 0 Å². The summed E-state index contributed by atoms with van der Waals surface area (Å²) in [6.45, 7) is 4.26. The Morgan fingerprint density at radius 1 is 0.952 bits per heavy atom. The molecule has 112 valence electrons. The summed E-state index contributed by atoms with van der Waals surface area (Å²) in [4.78, 5) is 0. The van der Waals surface area contributed by atoms with Crippen LogP contribution in [0.3, 0.4) is 0 Å². The maximum atomic E-state index is 13.2. The smallest absolute Gasteiger partial charge is 0.123 e. The second-order valence-corrected chi connectivity index (χ2v) is 6.78. The highest BCUT2D eigenvalue weighted by atomic mass is 79.9. The molecule has 2 aromatic carbocycles. The number of halogens is 3. The number of alkyl halides is 2. The first-order valence-corrected chi connectivity index (χ1v) is 9.19. The maximum absolute atomic E-state index is 13.2. The average molecular weight is 414 g/mol. The van der Waals surface area contributed by atoms with Crippen LogP contribution in [0.25, 0.3) is 0 Å². The molecule has 0 spiro atoms. The Bertz CT molecular complexity index is 601. The van der Waals surface area contributed by atoms with Gasteiger partial charge in [0.1, 0.15) is 5.82 Å². The number of benzene rings is 2. The number of rotatable bonds is 5. The first kappa shape index (κ1) is 16.7. The van der Waals surface area contributed by atoms with Gasteiger partial charge in [-0.3, -0.25) is 0 Å². The van der Waals surface area contributed by atoms with E-state index in [1.54, 1.807) is 12.1 Å². The van der Waals surface area contributed by atoms with Gasteiger partial charge in [-0.2, -0.15) is 0 Å². The van der Waals surface area contributed by atoms with Crippen LogP contribution in [0.1, 0.15) is 22.3 Å². The van der Waals surface area contributed by atoms with Crippen molar-refractivity contribution in [2.45, 2.75) is 25.7 Å². The lowest BCUT2D eigenvalue weighted by molar-refractivity contribution is 0.546. The van der Waals surface area contributed by atoms with Gasteiger partial charge in [0.15, 0.2) is 0 Å². The van der Waals surface area contributed by atoms with E-state index in [1.165, 1.54) is 16.7 Å². The van der Waals surface area contributed by atoms with Crippen molar-refractivity contribution in [1.82, 2.24) is 0 Å². The van der Waals surface area contributed by atoms with Crippen LogP contribution in [-0.4, -0.2) is 10.7 Å². The van der Waals surface area contributed by atoms with Gasteiger partial charge >= 0.3 is 0 Å². The zero-order valence-electron chi connectivity index (χ0n) is 12.3. The lowest BCUT2D eigenvalue weighted by atomic mass is 9.78. The predicted molar refractivity (Wildman–Crippen MR) is 95.3 cm³/mol. The molecule has 0 N–H and O–H groups in total. The molecule has 0 saturated carbocycles. The van der Waals surface area contributed by atoms with Crippen LogP contribution < -0.4 is 0 Å². The van der Waals surface area contributed by atoms with Crippen molar-refractivity contribution < 1.29 is 4.39 Å². The monoisotopic (exact) mass is 412 g/mol. The molecule has 0 nitrogen and oxygen atoms in total. The summed E-state index contributed by atoms with van der Waals surface area (Å²) in [6, 6.07) is 13.4. The molecule has 0 radical (unpaired) electrons. The summed E-state index contributed by atoms with van der Waals surface area (Å²) >= 11 is 7.33. The number of aryl methyl sites for hydroxylation is 2. The fourth-order valence-corrected chi connectivity index (χ4v) is 4.52. The molecular weight excluding hydrogens is 395 g/mol. The van der Waals surface area contributed by atoms with E-state index in [0.29, 0.717) is 0 Å². The van der Waals surface area contributed by atoms with Crippen LogP contribution in [0.2, 0.25) is 0 Å². The fraction of sp³-hybridized carbons (Fsp3) is 0.333. The molecule has 0 heterocycles. The highest BCUT2D eigenvalue weighted by Crippen LogP contribution is 2.34.